The number of nitrogens with zero attached hydrogens (tertiary/aromatic N) is 3. The van der Waals surface area contributed by atoms with Crippen LogP contribution >= 0.6 is 0 Å². The molecular weight excluding hydrogens is 276 g/mol. The average molecular weight is 300 g/mol. The van der Waals surface area contributed by atoms with E-state index >= 15 is 0 Å². The highest BCUT2D eigenvalue weighted by Gasteiger charge is 2.34. The first kappa shape index (κ1) is 15.5. The fourth-order valence-electron chi connectivity index (χ4n) is 2.55. The summed E-state index contributed by atoms with van der Waals surface area (Å²) >= 11 is 0. The minimum Gasteiger partial charge on any atom is -0.318 e. The Balaban J connectivity index is 2.15. The summed E-state index contributed by atoms with van der Waals surface area (Å²) in [6.07, 6.45) is 5.06. The van der Waals surface area contributed by atoms with E-state index < -0.39 is 10.0 Å². The lowest BCUT2D eigenvalue weighted by atomic mass is 9.85. The molecule has 7 heteroatoms. The molecule has 0 unspecified atom stereocenters. The molecule has 6 nitrogen and oxygen atoms in total. The van der Waals surface area contributed by atoms with E-state index in [0.29, 0.717) is 24.5 Å². The summed E-state index contributed by atoms with van der Waals surface area (Å²) in [5.41, 5.74) is 0.0491. The number of sulfonamides is 1. The lowest BCUT2D eigenvalue weighted by Gasteiger charge is -2.36. The number of piperidine rings is 1. The van der Waals surface area contributed by atoms with Gasteiger partial charge < -0.3 is 5.32 Å². The number of likely N-dealkylation sites (N-methyl/N-ethyl adjacent to an activating group) is 1. The van der Waals surface area contributed by atoms with Gasteiger partial charge in [-0.25, -0.2) is 8.42 Å². The van der Waals surface area contributed by atoms with Gasteiger partial charge in [0.15, 0.2) is 0 Å². The predicted octanol–water partition coefficient (Wildman–Crippen LogP) is 0.913. The molecule has 114 valence electrons. The van der Waals surface area contributed by atoms with E-state index in [2.05, 4.69) is 24.3 Å². The van der Waals surface area contributed by atoms with Gasteiger partial charge >= 0.3 is 0 Å². The van der Waals surface area contributed by atoms with Crippen LogP contribution in [0.25, 0.3) is 0 Å². The largest absolute Gasteiger partial charge is 0.318 e. The van der Waals surface area contributed by atoms with Gasteiger partial charge in [0.1, 0.15) is 4.90 Å². The van der Waals surface area contributed by atoms with Crippen molar-refractivity contribution in [1.82, 2.24) is 19.4 Å². The van der Waals surface area contributed by atoms with E-state index in [0.717, 1.165) is 19.4 Å². The third kappa shape index (κ3) is 3.39. The first-order valence-electron chi connectivity index (χ1n) is 7.02. The van der Waals surface area contributed by atoms with Crippen LogP contribution in [-0.4, -0.2) is 49.2 Å². The summed E-state index contributed by atoms with van der Waals surface area (Å²) < 4.78 is 28.5. The molecule has 1 fully saturated rings. The Kier molecular flexibility index (Phi) is 4.51. The third-order valence-corrected chi connectivity index (χ3v) is 5.50. The van der Waals surface area contributed by atoms with Gasteiger partial charge in [0.2, 0.25) is 10.0 Å². The molecule has 2 rings (SSSR count). The van der Waals surface area contributed by atoms with E-state index in [1.807, 2.05) is 7.05 Å². The Labute approximate surface area is 121 Å². The molecule has 0 amide bonds. The van der Waals surface area contributed by atoms with Gasteiger partial charge in [-0.1, -0.05) is 13.8 Å². The van der Waals surface area contributed by atoms with Crippen LogP contribution in [-0.2, 0) is 16.6 Å². The van der Waals surface area contributed by atoms with Crippen molar-refractivity contribution in [3.63, 3.8) is 0 Å². The lowest BCUT2D eigenvalue weighted by Crippen LogP contribution is -2.43. The van der Waals surface area contributed by atoms with Gasteiger partial charge in [-0.3, -0.25) is 4.68 Å². The molecule has 0 spiro atoms. The maximum Gasteiger partial charge on any atom is 0.246 e. The second-order valence-corrected chi connectivity index (χ2v) is 8.09. The number of rotatable bonds is 5. The van der Waals surface area contributed by atoms with Crippen LogP contribution in [0.4, 0.5) is 0 Å². The van der Waals surface area contributed by atoms with Crippen LogP contribution in [0.3, 0.4) is 0 Å². The molecule has 0 atom stereocenters. The van der Waals surface area contributed by atoms with Crippen molar-refractivity contribution < 1.29 is 8.42 Å². The number of aromatic nitrogens is 2. The fraction of sp³-hybridized carbons (Fsp3) is 0.769. The summed E-state index contributed by atoms with van der Waals surface area (Å²) in [6.45, 7) is 6.84. The Morgan fingerprint density at radius 3 is 2.85 bits per heavy atom. The molecule has 0 aliphatic carbocycles. The second kappa shape index (κ2) is 5.83. The minimum absolute atomic E-state index is 0.0491. The number of hydrogen-bond donors (Lipinski definition) is 1. The Hall–Kier alpha value is -0.920. The molecule has 0 aromatic carbocycles. The molecule has 1 saturated heterocycles. The Morgan fingerprint density at radius 1 is 1.45 bits per heavy atom. The molecule has 0 saturated carbocycles. The molecular formula is C13H24N4O2S. The van der Waals surface area contributed by atoms with Crippen molar-refractivity contribution in [2.45, 2.75) is 38.1 Å². The maximum absolute atomic E-state index is 12.6. The molecule has 1 aliphatic rings. The first-order chi connectivity index (χ1) is 9.35. The van der Waals surface area contributed by atoms with Crippen molar-refractivity contribution in [3.8, 4) is 0 Å². The SMILES string of the molecule is CNCCn1cc(S(=O)(=O)N2CCCC(C)(C)C2)cn1. The van der Waals surface area contributed by atoms with Crippen molar-refractivity contribution in [2.75, 3.05) is 26.7 Å². The van der Waals surface area contributed by atoms with Gasteiger partial charge in [0.05, 0.1) is 12.7 Å². The zero-order valence-electron chi connectivity index (χ0n) is 12.5. The summed E-state index contributed by atoms with van der Waals surface area (Å²) in [6, 6.07) is 0. The quantitative estimate of drug-likeness (QED) is 0.878. The smallest absolute Gasteiger partial charge is 0.246 e. The van der Waals surface area contributed by atoms with E-state index in [-0.39, 0.29) is 5.41 Å². The topological polar surface area (TPSA) is 67.2 Å². The van der Waals surface area contributed by atoms with Crippen LogP contribution in [0.1, 0.15) is 26.7 Å². The zero-order valence-corrected chi connectivity index (χ0v) is 13.3. The molecule has 1 N–H and O–H groups in total. The predicted molar refractivity (Wildman–Crippen MR) is 77.9 cm³/mol. The minimum atomic E-state index is -3.41. The highest BCUT2D eigenvalue weighted by atomic mass is 32.2. The molecule has 2 heterocycles. The molecule has 20 heavy (non-hydrogen) atoms. The van der Waals surface area contributed by atoms with E-state index in [1.165, 1.54) is 6.20 Å². The summed E-state index contributed by atoms with van der Waals surface area (Å²) in [7, 11) is -1.55. The fourth-order valence-corrected chi connectivity index (χ4v) is 4.17. The third-order valence-electron chi connectivity index (χ3n) is 3.70. The van der Waals surface area contributed by atoms with Crippen molar-refractivity contribution in [2.24, 2.45) is 5.41 Å². The molecule has 1 aromatic heterocycles. The van der Waals surface area contributed by atoms with Crippen molar-refractivity contribution in [1.29, 1.82) is 0 Å². The standard InChI is InChI=1S/C13H24N4O2S/c1-13(2)5-4-7-17(11-13)20(18,19)12-9-15-16(10-12)8-6-14-3/h9-10,14H,4-8,11H2,1-3H3. The molecule has 0 bridgehead atoms. The van der Waals surface area contributed by atoms with Crippen LogP contribution < -0.4 is 5.32 Å². The van der Waals surface area contributed by atoms with E-state index in [4.69, 9.17) is 0 Å². The Bertz CT molecular complexity index is 550. The van der Waals surface area contributed by atoms with Crippen LogP contribution in [0, 0.1) is 5.41 Å². The molecule has 1 aliphatic heterocycles. The van der Waals surface area contributed by atoms with Crippen LogP contribution in [0.2, 0.25) is 0 Å². The highest BCUT2D eigenvalue weighted by molar-refractivity contribution is 7.89. The highest BCUT2D eigenvalue weighted by Crippen LogP contribution is 2.31. The summed E-state index contributed by atoms with van der Waals surface area (Å²) in [5.74, 6) is 0. The van der Waals surface area contributed by atoms with Gasteiger partial charge in [-0.15, -0.1) is 0 Å². The normalized spacial score (nSPS) is 20.1. The van der Waals surface area contributed by atoms with Crippen LogP contribution in [0.5, 0.6) is 0 Å². The number of hydrogen-bond acceptors (Lipinski definition) is 4. The van der Waals surface area contributed by atoms with Gasteiger partial charge in [0.25, 0.3) is 0 Å². The number of nitrogens with one attached hydrogen (secondary N) is 1. The lowest BCUT2D eigenvalue weighted by molar-refractivity contribution is 0.187. The average Bonchev–Trinajstić information content (AvgIpc) is 2.84. The maximum atomic E-state index is 12.6. The van der Waals surface area contributed by atoms with Crippen molar-refractivity contribution in [3.05, 3.63) is 12.4 Å². The van der Waals surface area contributed by atoms with E-state index in [9.17, 15) is 8.42 Å². The molecule has 1 aromatic rings. The summed E-state index contributed by atoms with van der Waals surface area (Å²) in [5, 5.41) is 7.14. The summed E-state index contributed by atoms with van der Waals surface area (Å²) in [4.78, 5) is 0.298. The van der Waals surface area contributed by atoms with Gasteiger partial charge in [-0.05, 0) is 25.3 Å². The van der Waals surface area contributed by atoms with E-state index in [1.54, 1.807) is 15.2 Å². The molecule has 0 radical (unpaired) electrons. The van der Waals surface area contributed by atoms with Crippen LogP contribution in [0.15, 0.2) is 17.3 Å². The Morgan fingerprint density at radius 2 is 2.20 bits per heavy atom. The first-order valence-corrected chi connectivity index (χ1v) is 8.46. The second-order valence-electron chi connectivity index (χ2n) is 6.15. The van der Waals surface area contributed by atoms with Crippen molar-refractivity contribution >= 4 is 10.0 Å². The van der Waals surface area contributed by atoms with Gasteiger partial charge in [-0.2, -0.15) is 9.40 Å². The van der Waals surface area contributed by atoms with Gasteiger partial charge in [0, 0.05) is 25.8 Å². The monoisotopic (exact) mass is 300 g/mol. The zero-order chi connectivity index (χ0) is 14.8.